The molecule has 4 nitrogen and oxygen atoms in total. The smallest absolute Gasteiger partial charge is 0.203 e. The van der Waals surface area contributed by atoms with Crippen molar-refractivity contribution >= 4 is 0 Å². The normalized spacial score (nSPS) is 10.7. The van der Waals surface area contributed by atoms with Crippen LogP contribution in [0.3, 0.4) is 0 Å². The highest BCUT2D eigenvalue weighted by molar-refractivity contribution is 5.51. The zero-order valence-corrected chi connectivity index (χ0v) is 13.1. The summed E-state index contributed by atoms with van der Waals surface area (Å²) in [6.07, 6.45) is 3.35. The Bertz CT molecular complexity index is 358. The quantitative estimate of drug-likeness (QED) is 0.668. The summed E-state index contributed by atoms with van der Waals surface area (Å²) in [5, 5.41) is 3.41. The molecule has 4 heteroatoms. The minimum Gasteiger partial charge on any atom is -0.493 e. The van der Waals surface area contributed by atoms with E-state index in [-0.39, 0.29) is 0 Å². The van der Waals surface area contributed by atoms with Crippen molar-refractivity contribution in [2.24, 2.45) is 0 Å². The molecule has 0 aromatic heterocycles. The SMILES string of the molecule is COc1cccc(OC)c1OCCCCCNC(C)C. The first-order valence-electron chi connectivity index (χ1n) is 7.26. The van der Waals surface area contributed by atoms with Gasteiger partial charge in [-0.25, -0.2) is 0 Å². The average Bonchev–Trinajstić information content (AvgIpc) is 2.45. The van der Waals surface area contributed by atoms with Gasteiger partial charge >= 0.3 is 0 Å². The fourth-order valence-electron chi connectivity index (χ4n) is 1.93. The van der Waals surface area contributed by atoms with Gasteiger partial charge in [0.05, 0.1) is 20.8 Å². The summed E-state index contributed by atoms with van der Waals surface area (Å²) in [5.41, 5.74) is 0. The number of hydrogen-bond acceptors (Lipinski definition) is 4. The van der Waals surface area contributed by atoms with Crippen LogP contribution in [0.4, 0.5) is 0 Å². The molecular formula is C16H27NO3. The van der Waals surface area contributed by atoms with E-state index in [0.717, 1.165) is 19.4 Å². The third kappa shape index (κ3) is 5.70. The highest BCUT2D eigenvalue weighted by Crippen LogP contribution is 2.36. The van der Waals surface area contributed by atoms with Crippen LogP contribution in [0, 0.1) is 0 Å². The Hall–Kier alpha value is -1.42. The summed E-state index contributed by atoms with van der Waals surface area (Å²) < 4.78 is 16.4. The zero-order valence-electron chi connectivity index (χ0n) is 13.1. The van der Waals surface area contributed by atoms with Crippen LogP contribution in [0.5, 0.6) is 17.2 Å². The molecule has 20 heavy (non-hydrogen) atoms. The Kier molecular flexibility index (Phi) is 7.88. The molecule has 0 heterocycles. The van der Waals surface area contributed by atoms with Gasteiger partial charge in [-0.1, -0.05) is 19.9 Å². The molecule has 1 aromatic carbocycles. The van der Waals surface area contributed by atoms with Crippen LogP contribution >= 0.6 is 0 Å². The molecule has 0 amide bonds. The van der Waals surface area contributed by atoms with Crippen LogP contribution in [0.2, 0.25) is 0 Å². The van der Waals surface area contributed by atoms with Crippen LogP contribution in [0.1, 0.15) is 33.1 Å². The van der Waals surface area contributed by atoms with E-state index >= 15 is 0 Å². The van der Waals surface area contributed by atoms with E-state index in [1.807, 2.05) is 18.2 Å². The second-order valence-corrected chi connectivity index (χ2v) is 5.01. The summed E-state index contributed by atoms with van der Waals surface area (Å²) in [6.45, 7) is 6.07. The van der Waals surface area contributed by atoms with E-state index in [1.54, 1.807) is 14.2 Å². The van der Waals surface area contributed by atoms with Gasteiger partial charge in [-0.15, -0.1) is 0 Å². The lowest BCUT2D eigenvalue weighted by Gasteiger charge is -2.14. The minimum atomic E-state index is 0.559. The Morgan fingerprint density at radius 1 is 1.00 bits per heavy atom. The van der Waals surface area contributed by atoms with E-state index in [4.69, 9.17) is 14.2 Å². The molecule has 0 saturated carbocycles. The first-order valence-corrected chi connectivity index (χ1v) is 7.26. The monoisotopic (exact) mass is 281 g/mol. The van der Waals surface area contributed by atoms with Gasteiger partial charge in [0.2, 0.25) is 5.75 Å². The van der Waals surface area contributed by atoms with Crippen molar-refractivity contribution in [3.8, 4) is 17.2 Å². The van der Waals surface area contributed by atoms with Crippen LogP contribution in [0.15, 0.2) is 18.2 Å². The number of unbranched alkanes of at least 4 members (excludes halogenated alkanes) is 2. The maximum Gasteiger partial charge on any atom is 0.203 e. The van der Waals surface area contributed by atoms with Gasteiger partial charge < -0.3 is 19.5 Å². The summed E-state index contributed by atoms with van der Waals surface area (Å²) in [4.78, 5) is 0. The number of rotatable bonds is 10. The molecule has 0 unspecified atom stereocenters. The lowest BCUT2D eigenvalue weighted by atomic mass is 10.2. The van der Waals surface area contributed by atoms with Crippen LogP contribution in [0.25, 0.3) is 0 Å². The van der Waals surface area contributed by atoms with Crippen molar-refractivity contribution in [3.63, 3.8) is 0 Å². The number of ether oxygens (including phenoxy) is 3. The Morgan fingerprint density at radius 3 is 2.20 bits per heavy atom. The van der Waals surface area contributed by atoms with Crippen LogP contribution < -0.4 is 19.5 Å². The first-order chi connectivity index (χ1) is 9.69. The van der Waals surface area contributed by atoms with Crippen molar-refractivity contribution in [2.45, 2.75) is 39.2 Å². The van der Waals surface area contributed by atoms with Crippen molar-refractivity contribution in [3.05, 3.63) is 18.2 Å². The largest absolute Gasteiger partial charge is 0.493 e. The van der Waals surface area contributed by atoms with E-state index < -0.39 is 0 Å². The van der Waals surface area contributed by atoms with E-state index in [1.165, 1.54) is 6.42 Å². The zero-order chi connectivity index (χ0) is 14.8. The molecular weight excluding hydrogens is 254 g/mol. The predicted octanol–water partition coefficient (Wildman–Crippen LogP) is 3.25. The van der Waals surface area contributed by atoms with Crippen molar-refractivity contribution < 1.29 is 14.2 Å². The van der Waals surface area contributed by atoms with Crippen molar-refractivity contribution in [2.75, 3.05) is 27.4 Å². The Balaban J connectivity index is 2.31. The molecule has 0 aliphatic heterocycles. The van der Waals surface area contributed by atoms with Gasteiger partial charge in [0.25, 0.3) is 0 Å². The van der Waals surface area contributed by atoms with Gasteiger partial charge in [0.1, 0.15) is 0 Å². The van der Waals surface area contributed by atoms with Gasteiger partial charge in [-0.05, 0) is 37.9 Å². The lowest BCUT2D eigenvalue weighted by molar-refractivity contribution is 0.267. The van der Waals surface area contributed by atoms with Gasteiger partial charge in [0.15, 0.2) is 11.5 Å². The molecule has 0 aliphatic rings. The van der Waals surface area contributed by atoms with Gasteiger partial charge in [-0.3, -0.25) is 0 Å². The molecule has 0 fully saturated rings. The van der Waals surface area contributed by atoms with Gasteiger partial charge in [-0.2, -0.15) is 0 Å². The standard InChI is InChI=1S/C16H27NO3/c1-13(2)17-11-6-5-7-12-20-16-14(18-3)9-8-10-15(16)19-4/h8-10,13,17H,5-7,11-12H2,1-4H3. The molecule has 0 spiro atoms. The van der Waals surface area contributed by atoms with Crippen LogP contribution in [-0.4, -0.2) is 33.4 Å². The fraction of sp³-hybridized carbons (Fsp3) is 0.625. The maximum atomic E-state index is 5.81. The summed E-state index contributed by atoms with van der Waals surface area (Å²) >= 11 is 0. The lowest BCUT2D eigenvalue weighted by Crippen LogP contribution is -2.23. The highest BCUT2D eigenvalue weighted by Gasteiger charge is 2.10. The molecule has 0 saturated heterocycles. The topological polar surface area (TPSA) is 39.7 Å². The Labute approximate surface area is 122 Å². The van der Waals surface area contributed by atoms with E-state index in [0.29, 0.717) is 29.9 Å². The number of nitrogens with one attached hydrogen (secondary N) is 1. The molecule has 1 aromatic rings. The first kappa shape index (κ1) is 16.6. The molecule has 1 rings (SSSR count). The number of para-hydroxylation sites is 1. The molecule has 114 valence electrons. The second kappa shape index (κ2) is 9.48. The van der Waals surface area contributed by atoms with Gasteiger partial charge in [0, 0.05) is 6.04 Å². The molecule has 0 radical (unpaired) electrons. The number of hydrogen-bond donors (Lipinski definition) is 1. The summed E-state index contributed by atoms with van der Waals surface area (Å²) in [5.74, 6) is 2.12. The molecule has 0 bridgehead atoms. The second-order valence-electron chi connectivity index (χ2n) is 5.01. The third-order valence-electron chi connectivity index (χ3n) is 3.00. The molecule has 0 atom stereocenters. The van der Waals surface area contributed by atoms with E-state index in [2.05, 4.69) is 19.2 Å². The minimum absolute atomic E-state index is 0.559. The third-order valence-corrected chi connectivity index (χ3v) is 3.00. The summed E-state index contributed by atoms with van der Waals surface area (Å²) in [7, 11) is 3.28. The molecule has 1 N–H and O–H groups in total. The van der Waals surface area contributed by atoms with Crippen molar-refractivity contribution in [1.82, 2.24) is 5.32 Å². The Morgan fingerprint density at radius 2 is 1.65 bits per heavy atom. The number of benzene rings is 1. The highest BCUT2D eigenvalue weighted by atomic mass is 16.5. The molecule has 0 aliphatic carbocycles. The van der Waals surface area contributed by atoms with E-state index in [9.17, 15) is 0 Å². The maximum absolute atomic E-state index is 5.81. The van der Waals surface area contributed by atoms with Crippen molar-refractivity contribution in [1.29, 1.82) is 0 Å². The average molecular weight is 281 g/mol. The van der Waals surface area contributed by atoms with Crippen LogP contribution in [-0.2, 0) is 0 Å². The predicted molar refractivity (Wildman–Crippen MR) is 82.0 cm³/mol. The number of methoxy groups -OCH3 is 2. The summed E-state index contributed by atoms with van der Waals surface area (Å²) in [6, 6.07) is 6.21. The fourth-order valence-corrected chi connectivity index (χ4v) is 1.93.